The van der Waals surface area contributed by atoms with Gasteiger partial charge in [-0.25, -0.2) is 18.4 Å². The average Bonchev–Trinajstić information content (AvgIpc) is 2.96. The second-order valence-electron chi connectivity index (χ2n) is 4.16. The summed E-state index contributed by atoms with van der Waals surface area (Å²) < 4.78 is 26.9. The molecule has 3 N–H and O–H groups in total. The van der Waals surface area contributed by atoms with Gasteiger partial charge < -0.3 is 14.4 Å². The number of hydrogen-bond donors (Lipinski definition) is 2. The summed E-state index contributed by atoms with van der Waals surface area (Å²) in [6.07, 6.45) is 0.940. The molecule has 104 valence electrons. The fourth-order valence-corrected chi connectivity index (χ4v) is 2.46. The van der Waals surface area contributed by atoms with E-state index in [2.05, 4.69) is 0 Å². The van der Waals surface area contributed by atoms with E-state index >= 15 is 0 Å². The summed E-state index contributed by atoms with van der Waals surface area (Å²) in [5.74, 6) is -1.99. The van der Waals surface area contributed by atoms with E-state index in [4.69, 9.17) is 14.7 Å². The Hall–Kier alpha value is -1.87. The first-order valence-corrected chi connectivity index (χ1v) is 7.02. The molecule has 0 spiro atoms. The van der Waals surface area contributed by atoms with Crippen LogP contribution in [-0.2, 0) is 14.8 Å². The van der Waals surface area contributed by atoms with Crippen molar-refractivity contribution in [1.82, 2.24) is 4.90 Å². The molecule has 1 aromatic heterocycles. The van der Waals surface area contributed by atoms with Crippen molar-refractivity contribution in [3.8, 4) is 0 Å². The van der Waals surface area contributed by atoms with E-state index in [1.54, 1.807) is 0 Å². The number of sulfonamides is 1. The van der Waals surface area contributed by atoms with Crippen molar-refractivity contribution in [3.05, 3.63) is 17.9 Å². The fraction of sp³-hybridized carbons (Fsp3) is 0.400. The summed E-state index contributed by atoms with van der Waals surface area (Å²) >= 11 is 0. The third-order valence-electron chi connectivity index (χ3n) is 2.87. The number of nitrogens with zero attached hydrogens (tertiary/aromatic N) is 1. The van der Waals surface area contributed by atoms with Crippen molar-refractivity contribution in [1.29, 1.82) is 0 Å². The normalized spacial score (nSPS) is 19.6. The number of carboxylic acid groups (broad SMARTS) is 1. The van der Waals surface area contributed by atoms with Gasteiger partial charge in [0.1, 0.15) is 6.04 Å². The molecule has 1 amide bonds. The van der Waals surface area contributed by atoms with E-state index in [0.717, 1.165) is 11.0 Å². The molecule has 1 aliphatic heterocycles. The minimum Gasteiger partial charge on any atom is -0.480 e. The molecular formula is C10H12N2O6S. The summed E-state index contributed by atoms with van der Waals surface area (Å²) in [5.41, 5.74) is 0. The zero-order valence-electron chi connectivity index (χ0n) is 9.77. The Morgan fingerprint density at radius 1 is 1.42 bits per heavy atom. The quantitative estimate of drug-likeness (QED) is 0.779. The molecule has 0 aromatic carbocycles. The molecule has 1 aromatic rings. The molecule has 9 heteroatoms. The van der Waals surface area contributed by atoms with Gasteiger partial charge >= 0.3 is 5.97 Å². The van der Waals surface area contributed by atoms with Crippen molar-refractivity contribution in [3.63, 3.8) is 0 Å². The van der Waals surface area contributed by atoms with Crippen LogP contribution in [0.5, 0.6) is 0 Å². The van der Waals surface area contributed by atoms with Gasteiger partial charge in [-0.2, -0.15) is 0 Å². The Morgan fingerprint density at radius 2 is 2.11 bits per heavy atom. The van der Waals surface area contributed by atoms with Gasteiger partial charge in [0.2, 0.25) is 5.09 Å². The lowest BCUT2D eigenvalue weighted by atomic mass is 10.2. The van der Waals surface area contributed by atoms with Crippen LogP contribution in [0.15, 0.2) is 21.6 Å². The second-order valence-corrected chi connectivity index (χ2v) is 5.65. The molecule has 19 heavy (non-hydrogen) atoms. The van der Waals surface area contributed by atoms with E-state index in [1.165, 1.54) is 6.07 Å². The number of carboxylic acids is 1. The summed E-state index contributed by atoms with van der Waals surface area (Å²) in [4.78, 5) is 24.2. The Morgan fingerprint density at radius 3 is 2.63 bits per heavy atom. The molecule has 0 radical (unpaired) electrons. The maximum atomic E-state index is 12.0. The van der Waals surface area contributed by atoms with Gasteiger partial charge in [0.05, 0.1) is 0 Å². The predicted molar refractivity (Wildman–Crippen MR) is 61.8 cm³/mol. The predicted octanol–water partition coefficient (Wildman–Crippen LogP) is -0.384. The topological polar surface area (TPSA) is 131 Å². The third kappa shape index (κ3) is 2.61. The van der Waals surface area contributed by atoms with Crippen LogP contribution in [0.25, 0.3) is 0 Å². The third-order valence-corrected chi connectivity index (χ3v) is 3.65. The SMILES string of the molecule is NS(=O)(=O)c1ccc(C(=O)N2CCCC2C(=O)O)o1. The zero-order chi connectivity index (χ0) is 14.2. The first-order chi connectivity index (χ1) is 8.80. The summed E-state index contributed by atoms with van der Waals surface area (Å²) in [6.45, 7) is 0.293. The summed E-state index contributed by atoms with van der Waals surface area (Å²) in [7, 11) is -4.02. The van der Waals surface area contributed by atoms with Crippen molar-refractivity contribution in [2.24, 2.45) is 5.14 Å². The lowest BCUT2D eigenvalue weighted by Crippen LogP contribution is -2.40. The molecule has 0 aliphatic carbocycles. The number of aliphatic carboxylic acids is 1. The van der Waals surface area contributed by atoms with Crippen LogP contribution in [0.2, 0.25) is 0 Å². The highest BCUT2D eigenvalue weighted by Gasteiger charge is 2.35. The monoisotopic (exact) mass is 288 g/mol. The molecule has 1 atom stereocenters. The fourth-order valence-electron chi connectivity index (χ4n) is 2.00. The maximum Gasteiger partial charge on any atom is 0.326 e. The van der Waals surface area contributed by atoms with Crippen LogP contribution in [0, 0.1) is 0 Å². The summed E-state index contributed by atoms with van der Waals surface area (Å²) in [5, 5.41) is 13.3. The molecule has 1 aliphatic rings. The molecule has 8 nitrogen and oxygen atoms in total. The number of likely N-dealkylation sites (tertiary alicyclic amines) is 1. The van der Waals surface area contributed by atoms with Gasteiger partial charge in [-0.3, -0.25) is 4.79 Å². The first kappa shape index (κ1) is 13.6. The Labute approximate surface area is 108 Å². The molecule has 1 saturated heterocycles. The largest absolute Gasteiger partial charge is 0.480 e. The van der Waals surface area contributed by atoms with Crippen molar-refractivity contribution < 1.29 is 27.5 Å². The first-order valence-electron chi connectivity index (χ1n) is 5.47. The number of primary sulfonamides is 1. The van der Waals surface area contributed by atoms with E-state index in [9.17, 15) is 18.0 Å². The molecule has 0 bridgehead atoms. The zero-order valence-corrected chi connectivity index (χ0v) is 10.6. The maximum absolute atomic E-state index is 12.0. The van der Waals surface area contributed by atoms with Crippen LogP contribution >= 0.6 is 0 Å². The highest BCUT2D eigenvalue weighted by atomic mass is 32.2. The number of nitrogens with two attached hydrogens (primary N) is 1. The number of rotatable bonds is 3. The van der Waals surface area contributed by atoms with E-state index in [1.807, 2.05) is 0 Å². The van der Waals surface area contributed by atoms with Crippen LogP contribution < -0.4 is 5.14 Å². The molecule has 2 heterocycles. The highest BCUT2D eigenvalue weighted by molar-refractivity contribution is 7.89. The van der Waals surface area contributed by atoms with Crippen LogP contribution in [0.3, 0.4) is 0 Å². The average molecular weight is 288 g/mol. The highest BCUT2D eigenvalue weighted by Crippen LogP contribution is 2.22. The van der Waals surface area contributed by atoms with Gasteiger partial charge in [0, 0.05) is 6.54 Å². The van der Waals surface area contributed by atoms with Crippen molar-refractivity contribution >= 4 is 21.9 Å². The Balaban J connectivity index is 2.25. The van der Waals surface area contributed by atoms with Crippen LogP contribution in [0.4, 0.5) is 0 Å². The number of furan rings is 1. The van der Waals surface area contributed by atoms with E-state index in [-0.39, 0.29) is 5.76 Å². The van der Waals surface area contributed by atoms with Gasteiger partial charge in [-0.15, -0.1) is 0 Å². The van der Waals surface area contributed by atoms with Crippen LogP contribution in [0.1, 0.15) is 23.4 Å². The minimum atomic E-state index is -4.02. The number of hydrogen-bond acceptors (Lipinski definition) is 5. The lowest BCUT2D eigenvalue weighted by molar-refractivity contribution is -0.141. The summed E-state index contributed by atoms with van der Waals surface area (Å²) in [6, 6.07) is 1.32. The number of amides is 1. The number of carbonyl (C=O) groups is 2. The molecule has 1 unspecified atom stereocenters. The van der Waals surface area contributed by atoms with Gasteiger partial charge in [0.15, 0.2) is 5.76 Å². The molecule has 0 saturated carbocycles. The van der Waals surface area contributed by atoms with Crippen LogP contribution in [-0.4, -0.2) is 42.9 Å². The smallest absolute Gasteiger partial charge is 0.326 e. The lowest BCUT2D eigenvalue weighted by Gasteiger charge is -2.19. The van der Waals surface area contributed by atoms with Gasteiger partial charge in [-0.05, 0) is 25.0 Å². The van der Waals surface area contributed by atoms with Gasteiger partial charge in [-0.1, -0.05) is 0 Å². The number of carbonyl (C=O) groups excluding carboxylic acids is 1. The molecule has 1 fully saturated rings. The molecular weight excluding hydrogens is 276 g/mol. The molecule has 2 rings (SSSR count). The van der Waals surface area contributed by atoms with Crippen molar-refractivity contribution in [2.45, 2.75) is 24.0 Å². The Bertz CT molecular complexity index is 620. The van der Waals surface area contributed by atoms with Crippen molar-refractivity contribution in [2.75, 3.05) is 6.54 Å². The Kier molecular flexibility index (Phi) is 3.33. The standard InChI is InChI=1S/C10H12N2O6S/c11-19(16,17)8-4-3-7(18-8)9(13)12-5-1-2-6(12)10(14)15/h3-4,6H,1-2,5H2,(H,14,15)(H2,11,16,17). The van der Waals surface area contributed by atoms with Gasteiger partial charge in [0.25, 0.3) is 15.9 Å². The second kappa shape index (κ2) is 4.67. The van der Waals surface area contributed by atoms with E-state index in [0.29, 0.717) is 19.4 Å². The van der Waals surface area contributed by atoms with E-state index < -0.39 is 33.0 Å². The minimum absolute atomic E-state index is 0.239.